The molecule has 5 nitrogen and oxygen atoms in total. The van der Waals surface area contributed by atoms with Crippen molar-refractivity contribution in [2.75, 3.05) is 14.2 Å². The van der Waals surface area contributed by atoms with Crippen LogP contribution in [0.2, 0.25) is 5.02 Å². The van der Waals surface area contributed by atoms with Crippen molar-refractivity contribution in [3.63, 3.8) is 0 Å². The van der Waals surface area contributed by atoms with E-state index in [1.54, 1.807) is 44.6 Å². The Kier molecular flexibility index (Phi) is 5.81. The summed E-state index contributed by atoms with van der Waals surface area (Å²) >= 11 is 5.94. The summed E-state index contributed by atoms with van der Waals surface area (Å²) in [6.07, 6.45) is 2.06. The number of allylic oxidation sites excluding steroid dienone is 2. The minimum Gasteiger partial charge on any atom is -0.511 e. The third-order valence-electron chi connectivity index (χ3n) is 4.51. The smallest absolute Gasteiger partial charge is 0.168 e. The van der Waals surface area contributed by atoms with Gasteiger partial charge in [0.1, 0.15) is 5.76 Å². The van der Waals surface area contributed by atoms with E-state index in [1.165, 1.54) is 6.21 Å². The van der Waals surface area contributed by atoms with E-state index in [0.29, 0.717) is 28.6 Å². The molecule has 1 unspecified atom stereocenters. The third-order valence-corrected chi connectivity index (χ3v) is 4.75. The summed E-state index contributed by atoms with van der Waals surface area (Å²) in [6, 6.07) is 12.5. The molecule has 2 aromatic rings. The van der Waals surface area contributed by atoms with Gasteiger partial charge in [0.05, 0.1) is 25.5 Å². The number of hydrogen-bond acceptors (Lipinski definition) is 5. The van der Waals surface area contributed by atoms with Gasteiger partial charge in [-0.25, -0.2) is 0 Å². The molecule has 0 amide bonds. The number of benzene rings is 2. The van der Waals surface area contributed by atoms with Gasteiger partial charge >= 0.3 is 0 Å². The molecule has 0 aromatic heterocycles. The molecule has 1 atom stereocenters. The van der Waals surface area contributed by atoms with Gasteiger partial charge in [-0.2, -0.15) is 0 Å². The summed E-state index contributed by atoms with van der Waals surface area (Å²) < 4.78 is 10.6. The Hall–Kier alpha value is -2.79. The largest absolute Gasteiger partial charge is 0.511 e. The van der Waals surface area contributed by atoms with Crippen molar-refractivity contribution in [2.45, 2.75) is 18.8 Å². The van der Waals surface area contributed by atoms with Gasteiger partial charge < -0.3 is 14.6 Å². The van der Waals surface area contributed by atoms with E-state index in [9.17, 15) is 9.90 Å². The van der Waals surface area contributed by atoms with Crippen LogP contribution >= 0.6 is 11.6 Å². The number of aliphatic hydroxyl groups excluding tert-OH is 1. The quantitative estimate of drug-likeness (QED) is 0.734. The average Bonchev–Trinajstić information content (AvgIpc) is 2.66. The number of Topliss-reactive ketones (excluding diaryl/α,β-unsaturated/α-hetero) is 1. The molecule has 140 valence electrons. The van der Waals surface area contributed by atoms with Gasteiger partial charge in [-0.1, -0.05) is 23.7 Å². The number of nitrogens with zero attached hydrogens (tertiary/aromatic N) is 1. The maximum atomic E-state index is 12.6. The Labute approximate surface area is 162 Å². The van der Waals surface area contributed by atoms with Crippen LogP contribution in [-0.4, -0.2) is 31.3 Å². The fraction of sp³-hybridized carbons (Fsp3) is 0.238. The Balaban J connectivity index is 1.82. The second-order valence-electron chi connectivity index (χ2n) is 6.24. The zero-order valence-electron chi connectivity index (χ0n) is 15.1. The minimum absolute atomic E-state index is 0.0387. The van der Waals surface area contributed by atoms with Crippen molar-refractivity contribution in [3.8, 4) is 11.5 Å². The molecule has 0 bridgehead atoms. The molecule has 3 rings (SSSR count). The monoisotopic (exact) mass is 385 g/mol. The van der Waals surface area contributed by atoms with Gasteiger partial charge in [-0.3, -0.25) is 9.79 Å². The number of aliphatic imine (C=N–C) groups is 1. The molecule has 0 saturated heterocycles. The highest BCUT2D eigenvalue weighted by atomic mass is 35.5. The number of methoxy groups -OCH3 is 2. The van der Waals surface area contributed by atoms with Gasteiger partial charge in [-0.05, 0) is 41.8 Å². The van der Waals surface area contributed by atoms with Crippen molar-refractivity contribution >= 4 is 29.3 Å². The lowest BCUT2D eigenvalue weighted by molar-refractivity contribution is -0.116. The Morgan fingerprint density at radius 3 is 2.56 bits per heavy atom. The highest BCUT2D eigenvalue weighted by molar-refractivity contribution is 6.30. The van der Waals surface area contributed by atoms with E-state index < -0.39 is 0 Å². The number of aliphatic hydroxyl groups is 1. The second-order valence-corrected chi connectivity index (χ2v) is 6.68. The Bertz CT molecular complexity index is 920. The van der Waals surface area contributed by atoms with Crippen LogP contribution in [0.1, 0.15) is 24.3 Å². The number of rotatable bonds is 5. The molecule has 0 aliphatic heterocycles. The van der Waals surface area contributed by atoms with Crippen molar-refractivity contribution in [1.82, 2.24) is 0 Å². The number of halogens is 1. The molecule has 0 radical (unpaired) electrons. The van der Waals surface area contributed by atoms with Gasteiger partial charge in [-0.15, -0.1) is 0 Å². The molecule has 0 fully saturated rings. The SMILES string of the molecule is COc1ccc(C2CC(=O)C(C=Nc3cccc(Cl)c3)=C(O)C2)cc1OC. The molecule has 0 spiro atoms. The van der Waals surface area contributed by atoms with E-state index in [-0.39, 0.29) is 29.5 Å². The summed E-state index contributed by atoms with van der Waals surface area (Å²) in [5.41, 5.74) is 1.78. The summed E-state index contributed by atoms with van der Waals surface area (Å²) in [7, 11) is 3.14. The van der Waals surface area contributed by atoms with Gasteiger partial charge in [0.25, 0.3) is 0 Å². The van der Waals surface area contributed by atoms with Gasteiger partial charge in [0.15, 0.2) is 17.3 Å². The summed E-state index contributed by atoms with van der Waals surface area (Å²) in [6.45, 7) is 0. The molecular weight excluding hydrogens is 366 g/mol. The number of hydrogen-bond donors (Lipinski definition) is 1. The Morgan fingerprint density at radius 1 is 1.11 bits per heavy atom. The fourth-order valence-electron chi connectivity index (χ4n) is 3.09. The molecule has 2 aromatic carbocycles. The topological polar surface area (TPSA) is 68.1 Å². The van der Waals surface area contributed by atoms with Crippen molar-refractivity contribution in [2.24, 2.45) is 4.99 Å². The fourth-order valence-corrected chi connectivity index (χ4v) is 3.28. The van der Waals surface area contributed by atoms with Crippen molar-refractivity contribution < 1.29 is 19.4 Å². The van der Waals surface area contributed by atoms with Crippen molar-refractivity contribution in [1.29, 1.82) is 0 Å². The normalized spacial score (nSPS) is 17.4. The third kappa shape index (κ3) is 4.31. The molecular formula is C21H20ClNO4. The summed E-state index contributed by atoms with van der Waals surface area (Å²) in [5, 5.41) is 11.0. The second kappa shape index (κ2) is 8.27. The number of ketones is 1. The van der Waals surface area contributed by atoms with E-state index in [0.717, 1.165) is 5.56 Å². The minimum atomic E-state index is -0.149. The van der Waals surface area contributed by atoms with E-state index >= 15 is 0 Å². The van der Waals surface area contributed by atoms with Crippen LogP contribution in [0.5, 0.6) is 11.5 Å². The van der Waals surface area contributed by atoms with Crippen molar-refractivity contribution in [3.05, 3.63) is 64.4 Å². The molecule has 27 heavy (non-hydrogen) atoms. The number of ether oxygens (including phenoxy) is 2. The number of carbonyl (C=O) groups excluding carboxylic acids is 1. The van der Waals surface area contributed by atoms with Gasteiger partial charge in [0, 0.05) is 24.1 Å². The highest BCUT2D eigenvalue weighted by Gasteiger charge is 2.28. The lowest BCUT2D eigenvalue weighted by atomic mass is 9.83. The maximum absolute atomic E-state index is 12.6. The lowest BCUT2D eigenvalue weighted by Gasteiger charge is -2.23. The summed E-state index contributed by atoms with van der Waals surface area (Å²) in [5.74, 6) is 0.985. The first-order chi connectivity index (χ1) is 13.0. The first-order valence-electron chi connectivity index (χ1n) is 8.48. The molecule has 0 saturated carbocycles. The van der Waals surface area contributed by atoms with Crippen LogP contribution in [-0.2, 0) is 4.79 Å². The van der Waals surface area contributed by atoms with E-state index in [1.807, 2.05) is 12.1 Å². The van der Waals surface area contributed by atoms with Crippen LogP contribution in [0.25, 0.3) is 0 Å². The summed E-state index contributed by atoms with van der Waals surface area (Å²) in [4.78, 5) is 16.8. The van der Waals surface area contributed by atoms with Crippen LogP contribution in [0.3, 0.4) is 0 Å². The molecule has 0 heterocycles. The zero-order valence-corrected chi connectivity index (χ0v) is 15.9. The molecule has 1 aliphatic rings. The van der Waals surface area contributed by atoms with Crippen LogP contribution in [0.4, 0.5) is 5.69 Å². The standard InChI is InChI=1S/C21H20ClNO4/c1-26-20-7-6-13(10-21(20)27-2)14-8-18(24)17(19(25)9-14)12-23-16-5-3-4-15(22)11-16/h3-7,10-12,14,24H,8-9H2,1-2H3. The van der Waals surface area contributed by atoms with Crippen LogP contribution in [0, 0.1) is 0 Å². The first-order valence-corrected chi connectivity index (χ1v) is 8.86. The highest BCUT2D eigenvalue weighted by Crippen LogP contribution is 2.37. The first kappa shape index (κ1) is 19.0. The lowest BCUT2D eigenvalue weighted by Crippen LogP contribution is -2.19. The van der Waals surface area contributed by atoms with Crippen LogP contribution < -0.4 is 9.47 Å². The molecule has 1 aliphatic carbocycles. The van der Waals surface area contributed by atoms with E-state index in [2.05, 4.69) is 4.99 Å². The predicted molar refractivity (Wildman–Crippen MR) is 106 cm³/mol. The zero-order chi connectivity index (χ0) is 19.4. The average molecular weight is 386 g/mol. The van der Waals surface area contributed by atoms with Gasteiger partial charge in [0.2, 0.25) is 0 Å². The Morgan fingerprint density at radius 2 is 1.89 bits per heavy atom. The molecule has 1 N–H and O–H groups in total. The van der Waals surface area contributed by atoms with E-state index in [4.69, 9.17) is 21.1 Å². The predicted octanol–water partition coefficient (Wildman–Crippen LogP) is 5.02. The van der Waals surface area contributed by atoms with Crippen LogP contribution in [0.15, 0.2) is 58.8 Å². The maximum Gasteiger partial charge on any atom is 0.168 e. The molecule has 6 heteroatoms. The number of carbonyl (C=O) groups is 1.